The van der Waals surface area contributed by atoms with Crippen LogP contribution in [0, 0.1) is 13.8 Å². The van der Waals surface area contributed by atoms with Crippen molar-refractivity contribution in [1.29, 1.82) is 0 Å². The van der Waals surface area contributed by atoms with Gasteiger partial charge in [0.2, 0.25) is 0 Å². The van der Waals surface area contributed by atoms with Crippen LogP contribution in [0.2, 0.25) is 0 Å². The predicted molar refractivity (Wildman–Crippen MR) is 97.5 cm³/mol. The molecule has 0 radical (unpaired) electrons. The molecule has 1 aliphatic heterocycles. The maximum absolute atomic E-state index is 4.76. The second kappa shape index (κ2) is 6.76. The van der Waals surface area contributed by atoms with Crippen LogP contribution in [0.15, 0.2) is 48.5 Å². The Labute approximate surface area is 148 Å². The third kappa shape index (κ3) is 3.33. The molecule has 128 valence electrons. The predicted octanol–water partition coefficient (Wildman–Crippen LogP) is 3.62. The number of aromatic nitrogens is 4. The van der Waals surface area contributed by atoms with Gasteiger partial charge in [0, 0.05) is 12.2 Å². The minimum absolute atomic E-state index is 0.281. The molecule has 0 spiro atoms. The van der Waals surface area contributed by atoms with Crippen molar-refractivity contribution in [3.8, 4) is 5.82 Å². The number of likely N-dealkylation sites (tertiary alicyclic amines) is 1. The summed E-state index contributed by atoms with van der Waals surface area (Å²) >= 11 is 0. The van der Waals surface area contributed by atoms with Gasteiger partial charge in [0.1, 0.15) is 5.82 Å². The van der Waals surface area contributed by atoms with Crippen LogP contribution in [-0.4, -0.2) is 31.2 Å². The van der Waals surface area contributed by atoms with E-state index in [1.165, 1.54) is 12.0 Å². The first kappa shape index (κ1) is 16.0. The number of pyridine rings is 1. The summed E-state index contributed by atoms with van der Waals surface area (Å²) in [7, 11) is 0. The summed E-state index contributed by atoms with van der Waals surface area (Å²) in [5, 5.41) is 4.62. The van der Waals surface area contributed by atoms with E-state index in [1.54, 1.807) is 0 Å². The smallest absolute Gasteiger partial charge is 0.155 e. The van der Waals surface area contributed by atoms with Crippen LogP contribution in [-0.2, 0) is 6.54 Å². The highest BCUT2D eigenvalue weighted by atomic mass is 15.4. The van der Waals surface area contributed by atoms with Gasteiger partial charge >= 0.3 is 0 Å². The van der Waals surface area contributed by atoms with Gasteiger partial charge in [0.25, 0.3) is 0 Å². The summed E-state index contributed by atoms with van der Waals surface area (Å²) in [5.41, 5.74) is 2.33. The monoisotopic (exact) mass is 333 g/mol. The van der Waals surface area contributed by atoms with Crippen LogP contribution < -0.4 is 0 Å². The van der Waals surface area contributed by atoms with Crippen molar-refractivity contribution in [3.05, 3.63) is 71.4 Å². The van der Waals surface area contributed by atoms with Gasteiger partial charge in [0.05, 0.1) is 6.04 Å². The standard InChI is InChI=1S/C20H23N5/c1-15-8-6-12-19(21-15)25-20(22-16(2)23-25)18-11-7-13-24(18)14-17-9-4-3-5-10-17/h3-6,8-10,12,18H,7,11,13-14H2,1-2H3/t18-/m0/s1. The molecule has 2 aromatic heterocycles. The number of aryl methyl sites for hydroxylation is 2. The summed E-state index contributed by atoms with van der Waals surface area (Å²) in [6, 6.07) is 17.0. The maximum atomic E-state index is 4.76. The molecule has 5 nitrogen and oxygen atoms in total. The first-order chi connectivity index (χ1) is 12.2. The van der Waals surface area contributed by atoms with Gasteiger partial charge in [-0.05, 0) is 50.9 Å². The SMILES string of the molecule is Cc1cccc(-n2nc(C)nc2[C@@H]2CCCN2Cc2ccccc2)n1. The first-order valence-electron chi connectivity index (χ1n) is 8.86. The molecule has 0 N–H and O–H groups in total. The molecule has 0 aliphatic carbocycles. The summed E-state index contributed by atoms with van der Waals surface area (Å²) in [5.74, 6) is 2.65. The Morgan fingerprint density at radius 2 is 1.84 bits per heavy atom. The van der Waals surface area contributed by atoms with Crippen LogP contribution in [0.4, 0.5) is 0 Å². The summed E-state index contributed by atoms with van der Waals surface area (Å²) in [4.78, 5) is 11.9. The Kier molecular flexibility index (Phi) is 4.32. The molecule has 3 heterocycles. The summed E-state index contributed by atoms with van der Waals surface area (Å²) in [6.45, 7) is 5.99. The van der Waals surface area contributed by atoms with Crippen LogP contribution in [0.5, 0.6) is 0 Å². The summed E-state index contributed by atoms with van der Waals surface area (Å²) in [6.07, 6.45) is 2.29. The molecule has 3 aromatic rings. The molecule has 1 saturated heterocycles. The second-order valence-electron chi connectivity index (χ2n) is 6.68. The molecule has 1 fully saturated rings. The Morgan fingerprint density at radius 3 is 2.64 bits per heavy atom. The second-order valence-corrected chi connectivity index (χ2v) is 6.68. The van der Waals surface area contributed by atoms with Gasteiger partial charge in [-0.2, -0.15) is 4.68 Å². The van der Waals surface area contributed by atoms with Gasteiger partial charge in [-0.1, -0.05) is 36.4 Å². The molecule has 1 aromatic carbocycles. The average Bonchev–Trinajstić information content (AvgIpc) is 3.22. The van der Waals surface area contributed by atoms with Crippen molar-refractivity contribution in [3.63, 3.8) is 0 Å². The highest BCUT2D eigenvalue weighted by Gasteiger charge is 2.31. The molecule has 1 atom stereocenters. The lowest BCUT2D eigenvalue weighted by Gasteiger charge is -2.24. The van der Waals surface area contributed by atoms with Crippen molar-refractivity contribution in [2.75, 3.05) is 6.54 Å². The van der Waals surface area contributed by atoms with Crippen LogP contribution >= 0.6 is 0 Å². The fraction of sp³-hybridized carbons (Fsp3) is 0.350. The van der Waals surface area contributed by atoms with Gasteiger partial charge in [-0.3, -0.25) is 4.90 Å². The van der Waals surface area contributed by atoms with E-state index in [9.17, 15) is 0 Å². The average molecular weight is 333 g/mol. The lowest BCUT2D eigenvalue weighted by Crippen LogP contribution is -2.25. The van der Waals surface area contributed by atoms with E-state index in [0.29, 0.717) is 0 Å². The highest BCUT2D eigenvalue weighted by molar-refractivity contribution is 5.26. The molecule has 5 heteroatoms. The van der Waals surface area contributed by atoms with Gasteiger partial charge in [-0.25, -0.2) is 9.97 Å². The zero-order valence-electron chi connectivity index (χ0n) is 14.8. The number of rotatable bonds is 4. The van der Waals surface area contributed by atoms with Crippen LogP contribution in [0.1, 0.15) is 41.8 Å². The molecule has 1 aliphatic rings. The molecule has 0 amide bonds. The largest absolute Gasteiger partial charge is 0.289 e. The molecule has 25 heavy (non-hydrogen) atoms. The van der Waals surface area contributed by atoms with Crippen LogP contribution in [0.25, 0.3) is 5.82 Å². The molecule has 4 rings (SSSR count). The van der Waals surface area contributed by atoms with E-state index in [2.05, 4.69) is 45.3 Å². The fourth-order valence-electron chi connectivity index (χ4n) is 3.59. The minimum atomic E-state index is 0.281. The minimum Gasteiger partial charge on any atom is -0.289 e. The normalized spacial score (nSPS) is 17.9. The van der Waals surface area contributed by atoms with E-state index in [4.69, 9.17) is 4.98 Å². The van der Waals surface area contributed by atoms with E-state index in [0.717, 1.165) is 42.7 Å². The first-order valence-corrected chi connectivity index (χ1v) is 8.86. The lowest BCUT2D eigenvalue weighted by atomic mass is 10.1. The van der Waals surface area contributed by atoms with E-state index in [1.807, 2.05) is 36.7 Å². The number of hydrogen-bond donors (Lipinski definition) is 0. The fourth-order valence-corrected chi connectivity index (χ4v) is 3.59. The third-order valence-corrected chi connectivity index (χ3v) is 4.72. The Balaban J connectivity index is 1.67. The molecule has 0 unspecified atom stereocenters. The highest BCUT2D eigenvalue weighted by Crippen LogP contribution is 2.33. The van der Waals surface area contributed by atoms with Gasteiger partial charge in [0.15, 0.2) is 11.6 Å². The Bertz CT molecular complexity index is 856. The number of nitrogens with zero attached hydrogens (tertiary/aromatic N) is 5. The van der Waals surface area contributed by atoms with Gasteiger partial charge < -0.3 is 0 Å². The number of benzene rings is 1. The van der Waals surface area contributed by atoms with Crippen molar-refractivity contribution in [2.45, 2.75) is 39.3 Å². The van der Waals surface area contributed by atoms with Crippen molar-refractivity contribution in [1.82, 2.24) is 24.6 Å². The Hall–Kier alpha value is -2.53. The van der Waals surface area contributed by atoms with Crippen molar-refractivity contribution >= 4 is 0 Å². The topological polar surface area (TPSA) is 46.8 Å². The van der Waals surface area contributed by atoms with Crippen LogP contribution in [0.3, 0.4) is 0 Å². The zero-order valence-corrected chi connectivity index (χ0v) is 14.8. The maximum Gasteiger partial charge on any atom is 0.155 e. The molecule has 0 saturated carbocycles. The van der Waals surface area contributed by atoms with E-state index in [-0.39, 0.29) is 6.04 Å². The zero-order chi connectivity index (χ0) is 17.2. The third-order valence-electron chi connectivity index (χ3n) is 4.72. The van der Waals surface area contributed by atoms with Crippen molar-refractivity contribution in [2.24, 2.45) is 0 Å². The number of hydrogen-bond acceptors (Lipinski definition) is 4. The quantitative estimate of drug-likeness (QED) is 0.732. The van der Waals surface area contributed by atoms with E-state index >= 15 is 0 Å². The van der Waals surface area contributed by atoms with Crippen molar-refractivity contribution < 1.29 is 0 Å². The van der Waals surface area contributed by atoms with Gasteiger partial charge in [-0.15, -0.1) is 5.10 Å². The molecular formula is C20H23N5. The molecule has 0 bridgehead atoms. The summed E-state index contributed by atoms with van der Waals surface area (Å²) < 4.78 is 1.93. The molecular weight excluding hydrogens is 310 g/mol. The van der Waals surface area contributed by atoms with E-state index < -0.39 is 0 Å². The lowest BCUT2D eigenvalue weighted by molar-refractivity contribution is 0.237. The Morgan fingerprint density at radius 1 is 1.00 bits per heavy atom.